The first kappa shape index (κ1) is 13.4. The number of rotatable bonds is 4. The Hall–Kier alpha value is -0.610. The zero-order valence-electron chi connectivity index (χ0n) is 11.9. The Balaban J connectivity index is 1.38. The molecule has 108 valence electrons. The monoisotopic (exact) mass is 268 g/mol. The summed E-state index contributed by atoms with van der Waals surface area (Å²) < 4.78 is 16.4. The van der Waals surface area contributed by atoms with E-state index >= 15 is 0 Å². The molecule has 0 aromatic carbocycles. The van der Waals surface area contributed by atoms with Crippen LogP contribution in [0, 0.1) is 17.8 Å². The third-order valence-corrected chi connectivity index (χ3v) is 4.81. The van der Waals surface area contributed by atoms with Crippen LogP contribution in [0.5, 0.6) is 0 Å². The summed E-state index contributed by atoms with van der Waals surface area (Å²) in [5.74, 6) is 1.63. The lowest BCUT2D eigenvalue weighted by Crippen LogP contribution is -2.26. The fourth-order valence-electron chi connectivity index (χ4n) is 3.93. The Bertz CT molecular complexity index is 352. The van der Waals surface area contributed by atoms with Crippen LogP contribution >= 0.6 is 0 Å². The molecule has 2 saturated carbocycles. The van der Waals surface area contributed by atoms with Crippen molar-refractivity contribution in [2.75, 3.05) is 13.2 Å². The van der Waals surface area contributed by atoms with Gasteiger partial charge in [-0.1, -0.05) is 6.42 Å². The number of ether oxygens (including phenoxy) is 3. The first-order valence-corrected chi connectivity index (χ1v) is 7.49. The molecule has 0 radical (unpaired) electrons. The number of carbonyl (C=O) groups is 1. The maximum absolute atomic E-state index is 11.9. The summed E-state index contributed by atoms with van der Waals surface area (Å²) >= 11 is 0. The summed E-state index contributed by atoms with van der Waals surface area (Å²) in [6.07, 6.45) is 5.74. The molecule has 0 spiro atoms. The van der Waals surface area contributed by atoms with E-state index < -0.39 is 5.79 Å². The number of fused-ring (bicyclic) bond motifs is 2. The molecule has 3 rings (SSSR count). The van der Waals surface area contributed by atoms with Crippen LogP contribution in [0.25, 0.3) is 0 Å². The molecule has 4 heteroatoms. The van der Waals surface area contributed by atoms with E-state index in [1.54, 1.807) is 0 Å². The molecule has 0 unspecified atom stereocenters. The van der Waals surface area contributed by atoms with E-state index in [0.29, 0.717) is 25.6 Å². The highest BCUT2D eigenvalue weighted by molar-refractivity contribution is 5.69. The van der Waals surface area contributed by atoms with Crippen molar-refractivity contribution in [3.05, 3.63) is 0 Å². The van der Waals surface area contributed by atoms with Crippen molar-refractivity contribution in [3.8, 4) is 0 Å². The normalized spacial score (nSPS) is 39.7. The number of hydrogen-bond acceptors (Lipinski definition) is 4. The van der Waals surface area contributed by atoms with Crippen molar-refractivity contribution < 1.29 is 19.0 Å². The van der Waals surface area contributed by atoms with E-state index in [1.165, 1.54) is 25.7 Å². The molecule has 4 atom stereocenters. The van der Waals surface area contributed by atoms with Gasteiger partial charge in [0.2, 0.25) is 0 Å². The second kappa shape index (κ2) is 5.06. The molecule has 2 aliphatic carbocycles. The van der Waals surface area contributed by atoms with Crippen molar-refractivity contribution in [1.29, 1.82) is 0 Å². The smallest absolute Gasteiger partial charge is 0.306 e. The van der Waals surface area contributed by atoms with Crippen molar-refractivity contribution in [2.45, 2.75) is 57.8 Å². The molecule has 0 amide bonds. The molecule has 1 heterocycles. The van der Waals surface area contributed by atoms with Crippen molar-refractivity contribution in [3.63, 3.8) is 0 Å². The Kier molecular flexibility index (Phi) is 3.56. The van der Waals surface area contributed by atoms with Crippen LogP contribution in [0.3, 0.4) is 0 Å². The van der Waals surface area contributed by atoms with Gasteiger partial charge in [0.25, 0.3) is 0 Å². The van der Waals surface area contributed by atoms with Crippen molar-refractivity contribution in [1.82, 2.24) is 0 Å². The maximum atomic E-state index is 11.9. The SMILES string of the molecule is CC1(C)OC[C@@H](COC(=O)C[C@@H]2C[C@H]3CC[C@H]2C3)O1. The van der Waals surface area contributed by atoms with E-state index in [1.807, 2.05) is 13.8 Å². The molecule has 1 aliphatic heterocycles. The minimum atomic E-state index is -0.540. The largest absolute Gasteiger partial charge is 0.463 e. The van der Waals surface area contributed by atoms with Crippen LogP contribution in [0.4, 0.5) is 0 Å². The van der Waals surface area contributed by atoms with Gasteiger partial charge in [0.1, 0.15) is 12.7 Å². The van der Waals surface area contributed by atoms with E-state index in [2.05, 4.69) is 0 Å². The summed E-state index contributed by atoms with van der Waals surface area (Å²) in [5, 5.41) is 0. The number of hydrogen-bond donors (Lipinski definition) is 0. The van der Waals surface area contributed by atoms with Crippen LogP contribution in [0.15, 0.2) is 0 Å². The molecule has 0 N–H and O–H groups in total. The lowest BCUT2D eigenvalue weighted by atomic mass is 9.86. The molecular weight excluding hydrogens is 244 g/mol. The quantitative estimate of drug-likeness (QED) is 0.735. The molecule has 2 bridgehead atoms. The summed E-state index contributed by atoms with van der Waals surface area (Å²) in [6, 6.07) is 0. The number of esters is 1. The highest BCUT2D eigenvalue weighted by atomic mass is 16.7. The summed E-state index contributed by atoms with van der Waals surface area (Å²) in [6.45, 7) is 4.59. The topological polar surface area (TPSA) is 44.8 Å². The Labute approximate surface area is 114 Å². The van der Waals surface area contributed by atoms with Gasteiger partial charge < -0.3 is 14.2 Å². The van der Waals surface area contributed by atoms with Gasteiger partial charge in [-0.3, -0.25) is 4.79 Å². The highest BCUT2D eigenvalue weighted by Crippen LogP contribution is 2.49. The van der Waals surface area contributed by atoms with Gasteiger partial charge in [-0.15, -0.1) is 0 Å². The first-order chi connectivity index (χ1) is 9.02. The minimum absolute atomic E-state index is 0.0640. The van der Waals surface area contributed by atoms with E-state index in [-0.39, 0.29) is 12.1 Å². The third kappa shape index (κ3) is 3.11. The summed E-state index contributed by atoms with van der Waals surface area (Å²) in [4.78, 5) is 11.9. The van der Waals surface area contributed by atoms with Crippen LogP contribution in [-0.4, -0.2) is 31.1 Å². The van der Waals surface area contributed by atoms with Crippen LogP contribution in [-0.2, 0) is 19.0 Å². The van der Waals surface area contributed by atoms with Crippen LogP contribution < -0.4 is 0 Å². The molecule has 3 fully saturated rings. The fraction of sp³-hybridized carbons (Fsp3) is 0.933. The lowest BCUT2D eigenvalue weighted by Gasteiger charge is -2.21. The van der Waals surface area contributed by atoms with Gasteiger partial charge in [0.05, 0.1) is 6.61 Å². The average molecular weight is 268 g/mol. The molecule has 4 nitrogen and oxygen atoms in total. The Morgan fingerprint density at radius 3 is 2.74 bits per heavy atom. The molecule has 0 aromatic rings. The van der Waals surface area contributed by atoms with Gasteiger partial charge in [-0.05, 0) is 50.9 Å². The second-order valence-electron chi connectivity index (χ2n) is 6.77. The van der Waals surface area contributed by atoms with Gasteiger partial charge in [-0.25, -0.2) is 0 Å². The molecule has 0 aromatic heterocycles. The fourth-order valence-corrected chi connectivity index (χ4v) is 3.93. The first-order valence-electron chi connectivity index (χ1n) is 7.49. The van der Waals surface area contributed by atoms with Crippen LogP contribution in [0.2, 0.25) is 0 Å². The average Bonchev–Trinajstić information content (AvgIpc) is 3.01. The minimum Gasteiger partial charge on any atom is -0.463 e. The predicted molar refractivity (Wildman–Crippen MR) is 69.4 cm³/mol. The summed E-state index contributed by atoms with van der Waals surface area (Å²) in [7, 11) is 0. The van der Waals surface area contributed by atoms with E-state index in [0.717, 1.165) is 11.8 Å². The van der Waals surface area contributed by atoms with Crippen molar-refractivity contribution in [2.24, 2.45) is 17.8 Å². The van der Waals surface area contributed by atoms with Crippen molar-refractivity contribution >= 4 is 5.97 Å². The summed E-state index contributed by atoms with van der Waals surface area (Å²) in [5.41, 5.74) is 0. The molecule has 19 heavy (non-hydrogen) atoms. The van der Waals surface area contributed by atoms with Gasteiger partial charge in [-0.2, -0.15) is 0 Å². The van der Waals surface area contributed by atoms with E-state index in [4.69, 9.17) is 14.2 Å². The zero-order valence-corrected chi connectivity index (χ0v) is 11.9. The van der Waals surface area contributed by atoms with Gasteiger partial charge in [0, 0.05) is 6.42 Å². The second-order valence-corrected chi connectivity index (χ2v) is 6.77. The van der Waals surface area contributed by atoms with Gasteiger partial charge in [0.15, 0.2) is 5.79 Å². The molecular formula is C15H24O4. The van der Waals surface area contributed by atoms with Crippen LogP contribution in [0.1, 0.15) is 46.0 Å². The van der Waals surface area contributed by atoms with Gasteiger partial charge >= 0.3 is 5.97 Å². The van der Waals surface area contributed by atoms with E-state index in [9.17, 15) is 4.79 Å². The Morgan fingerprint density at radius 2 is 2.16 bits per heavy atom. The predicted octanol–water partition coefficient (Wildman–Crippen LogP) is 2.51. The lowest BCUT2D eigenvalue weighted by molar-refractivity contribution is -0.159. The highest BCUT2D eigenvalue weighted by Gasteiger charge is 2.40. The maximum Gasteiger partial charge on any atom is 0.306 e. The third-order valence-electron chi connectivity index (χ3n) is 4.81. The molecule has 1 saturated heterocycles. The zero-order chi connectivity index (χ0) is 13.5. The standard InChI is InChI=1S/C15H24O4/c1-15(2)18-9-13(19-15)8-17-14(16)7-12-6-10-3-4-11(12)5-10/h10-13H,3-9H2,1-2H3/t10-,11-,12-,13+/m0/s1. The molecule has 3 aliphatic rings. The Morgan fingerprint density at radius 1 is 1.32 bits per heavy atom. The number of carbonyl (C=O) groups excluding carboxylic acids is 1.